The lowest BCUT2D eigenvalue weighted by Gasteiger charge is -2.27. The maximum Gasteiger partial charge on any atom is 0.251 e. The van der Waals surface area contributed by atoms with E-state index < -0.39 is 10.0 Å². The van der Waals surface area contributed by atoms with Gasteiger partial charge in [-0.15, -0.1) is 0 Å². The molecular formula is C21H25ClN2O4S. The quantitative estimate of drug-likeness (QED) is 0.755. The van der Waals surface area contributed by atoms with Crippen LogP contribution in [-0.4, -0.2) is 51.5 Å². The topological polar surface area (TPSA) is 75.7 Å². The molecule has 0 bridgehead atoms. The molecule has 0 saturated carbocycles. The summed E-state index contributed by atoms with van der Waals surface area (Å²) in [6, 6.07) is 13.6. The van der Waals surface area contributed by atoms with E-state index in [1.165, 1.54) is 16.4 Å². The summed E-state index contributed by atoms with van der Waals surface area (Å²) in [4.78, 5) is 12.8. The zero-order chi connectivity index (χ0) is 21.1. The molecule has 2 aromatic rings. The van der Waals surface area contributed by atoms with E-state index in [2.05, 4.69) is 5.32 Å². The number of hydrogen-bond acceptors (Lipinski definition) is 4. The van der Waals surface area contributed by atoms with Crippen LogP contribution in [-0.2, 0) is 20.2 Å². The van der Waals surface area contributed by atoms with Gasteiger partial charge in [-0.3, -0.25) is 4.79 Å². The molecule has 0 atom stereocenters. The van der Waals surface area contributed by atoms with Crippen LogP contribution in [0.5, 0.6) is 0 Å². The highest BCUT2D eigenvalue weighted by atomic mass is 35.5. The van der Waals surface area contributed by atoms with Crippen molar-refractivity contribution in [2.24, 2.45) is 0 Å². The van der Waals surface area contributed by atoms with Crippen LogP contribution in [0.25, 0.3) is 0 Å². The molecule has 8 heteroatoms. The molecule has 3 rings (SSSR count). The second kappa shape index (κ2) is 8.83. The van der Waals surface area contributed by atoms with Crippen LogP contribution in [0.1, 0.15) is 29.8 Å². The van der Waals surface area contributed by atoms with Gasteiger partial charge in [-0.05, 0) is 29.8 Å². The summed E-state index contributed by atoms with van der Waals surface area (Å²) < 4.78 is 32.3. The number of amides is 1. The largest absolute Gasteiger partial charge is 0.379 e. The second-order valence-electron chi connectivity index (χ2n) is 7.59. The van der Waals surface area contributed by atoms with Crippen molar-refractivity contribution in [3.63, 3.8) is 0 Å². The molecule has 29 heavy (non-hydrogen) atoms. The number of morpholine rings is 1. The summed E-state index contributed by atoms with van der Waals surface area (Å²) in [5.41, 5.74) is 0.853. The normalized spacial score (nSPS) is 15.8. The number of carbonyl (C=O) groups is 1. The highest BCUT2D eigenvalue weighted by Crippen LogP contribution is 2.29. The lowest BCUT2D eigenvalue weighted by molar-refractivity contribution is 0.0730. The fourth-order valence-electron chi connectivity index (χ4n) is 3.24. The van der Waals surface area contributed by atoms with Crippen molar-refractivity contribution in [1.29, 1.82) is 0 Å². The Morgan fingerprint density at radius 2 is 1.83 bits per heavy atom. The van der Waals surface area contributed by atoms with Crippen molar-refractivity contribution in [3.8, 4) is 0 Å². The van der Waals surface area contributed by atoms with Gasteiger partial charge in [0, 0.05) is 35.6 Å². The molecule has 156 valence electrons. The minimum absolute atomic E-state index is 0.109. The van der Waals surface area contributed by atoms with Crippen LogP contribution >= 0.6 is 11.6 Å². The number of hydrogen-bond donors (Lipinski definition) is 1. The van der Waals surface area contributed by atoms with Gasteiger partial charge in [0.2, 0.25) is 10.0 Å². The first-order chi connectivity index (χ1) is 13.7. The summed E-state index contributed by atoms with van der Waals surface area (Å²) in [7, 11) is -3.65. The maximum atomic E-state index is 12.8. The first-order valence-corrected chi connectivity index (χ1v) is 11.2. The average molecular weight is 437 g/mol. The maximum absolute atomic E-state index is 12.8. The van der Waals surface area contributed by atoms with Gasteiger partial charge in [-0.2, -0.15) is 4.31 Å². The van der Waals surface area contributed by atoms with Crippen LogP contribution in [0, 0.1) is 0 Å². The predicted molar refractivity (Wildman–Crippen MR) is 113 cm³/mol. The van der Waals surface area contributed by atoms with Gasteiger partial charge < -0.3 is 10.1 Å². The Kier molecular flexibility index (Phi) is 6.63. The number of benzene rings is 2. The van der Waals surface area contributed by atoms with E-state index in [0.717, 1.165) is 5.56 Å². The van der Waals surface area contributed by atoms with E-state index in [9.17, 15) is 13.2 Å². The Morgan fingerprint density at radius 1 is 1.14 bits per heavy atom. The third-order valence-electron chi connectivity index (χ3n) is 5.00. The van der Waals surface area contributed by atoms with E-state index >= 15 is 0 Å². The fourth-order valence-corrected chi connectivity index (χ4v) is 5.09. The standard InChI is InChI=1S/C21H25ClN2O4S/c1-21(2,18-8-3-4-9-19(18)22)15-23-20(25)16-6-5-7-17(14-16)29(26,27)24-10-12-28-13-11-24/h3-9,14H,10-13,15H2,1-2H3,(H,23,25). The fraction of sp³-hybridized carbons (Fsp3) is 0.381. The van der Waals surface area contributed by atoms with Crippen molar-refractivity contribution >= 4 is 27.5 Å². The van der Waals surface area contributed by atoms with Crippen LogP contribution in [0.2, 0.25) is 5.02 Å². The molecule has 0 aromatic heterocycles. The van der Waals surface area contributed by atoms with Gasteiger partial charge in [0.15, 0.2) is 0 Å². The summed E-state index contributed by atoms with van der Waals surface area (Å²) in [6.07, 6.45) is 0. The van der Waals surface area contributed by atoms with Crippen LogP contribution in [0.15, 0.2) is 53.4 Å². The molecule has 1 N–H and O–H groups in total. The number of nitrogens with one attached hydrogen (secondary N) is 1. The van der Waals surface area contributed by atoms with E-state index in [1.54, 1.807) is 12.1 Å². The zero-order valence-corrected chi connectivity index (χ0v) is 18.1. The minimum Gasteiger partial charge on any atom is -0.379 e. The smallest absolute Gasteiger partial charge is 0.251 e. The predicted octanol–water partition coefficient (Wildman–Crippen LogP) is 3.07. The van der Waals surface area contributed by atoms with Crippen LogP contribution < -0.4 is 5.32 Å². The average Bonchev–Trinajstić information content (AvgIpc) is 2.73. The molecule has 1 saturated heterocycles. The molecule has 1 fully saturated rings. The zero-order valence-electron chi connectivity index (χ0n) is 16.5. The SMILES string of the molecule is CC(C)(CNC(=O)c1cccc(S(=O)(=O)N2CCOCC2)c1)c1ccccc1Cl. The third kappa shape index (κ3) is 4.98. The second-order valence-corrected chi connectivity index (χ2v) is 9.94. The van der Waals surface area contributed by atoms with Crippen molar-refractivity contribution in [2.45, 2.75) is 24.2 Å². The highest BCUT2D eigenvalue weighted by Gasteiger charge is 2.27. The Morgan fingerprint density at radius 3 is 2.52 bits per heavy atom. The molecule has 1 heterocycles. The molecule has 1 aliphatic rings. The molecule has 0 spiro atoms. The van der Waals surface area contributed by atoms with E-state index in [-0.39, 0.29) is 16.2 Å². The Labute approximate surface area is 176 Å². The molecule has 1 aliphatic heterocycles. The molecule has 1 amide bonds. The first-order valence-electron chi connectivity index (χ1n) is 9.43. The molecule has 0 unspecified atom stereocenters. The highest BCUT2D eigenvalue weighted by molar-refractivity contribution is 7.89. The first kappa shape index (κ1) is 21.8. The lowest BCUT2D eigenvalue weighted by atomic mass is 9.84. The summed E-state index contributed by atoms with van der Waals surface area (Å²) in [5, 5.41) is 3.54. The number of rotatable bonds is 6. The molecule has 6 nitrogen and oxygen atoms in total. The van der Waals surface area contributed by atoms with E-state index in [0.29, 0.717) is 43.4 Å². The molecule has 2 aromatic carbocycles. The van der Waals surface area contributed by atoms with Crippen molar-refractivity contribution in [1.82, 2.24) is 9.62 Å². The summed E-state index contributed by atoms with van der Waals surface area (Å²) >= 11 is 6.29. The van der Waals surface area contributed by atoms with Crippen molar-refractivity contribution in [3.05, 3.63) is 64.7 Å². The van der Waals surface area contributed by atoms with Crippen molar-refractivity contribution < 1.29 is 17.9 Å². The van der Waals surface area contributed by atoms with Crippen LogP contribution in [0.3, 0.4) is 0 Å². The minimum atomic E-state index is -3.65. The van der Waals surface area contributed by atoms with E-state index in [4.69, 9.17) is 16.3 Å². The van der Waals surface area contributed by atoms with Gasteiger partial charge in [0.1, 0.15) is 0 Å². The molecule has 0 aliphatic carbocycles. The number of ether oxygens (including phenoxy) is 1. The number of sulfonamides is 1. The summed E-state index contributed by atoms with van der Waals surface area (Å²) in [6.45, 7) is 5.71. The molecule has 0 radical (unpaired) electrons. The molecular weight excluding hydrogens is 412 g/mol. The van der Waals surface area contributed by atoms with Gasteiger partial charge in [-0.25, -0.2) is 8.42 Å². The Bertz CT molecular complexity index is 986. The lowest BCUT2D eigenvalue weighted by Crippen LogP contribution is -2.40. The monoisotopic (exact) mass is 436 g/mol. The van der Waals surface area contributed by atoms with Gasteiger partial charge >= 0.3 is 0 Å². The number of nitrogens with zero attached hydrogens (tertiary/aromatic N) is 1. The number of carbonyl (C=O) groups excluding carboxylic acids is 1. The number of halogens is 1. The van der Waals surface area contributed by atoms with Gasteiger partial charge in [-0.1, -0.05) is 49.7 Å². The van der Waals surface area contributed by atoms with Gasteiger partial charge in [0.05, 0.1) is 18.1 Å². The Balaban J connectivity index is 1.73. The van der Waals surface area contributed by atoms with Crippen molar-refractivity contribution in [2.75, 3.05) is 32.8 Å². The van der Waals surface area contributed by atoms with E-state index in [1.807, 2.05) is 38.1 Å². The van der Waals surface area contributed by atoms with Crippen LogP contribution in [0.4, 0.5) is 0 Å². The Hall–Kier alpha value is -1.93. The van der Waals surface area contributed by atoms with Gasteiger partial charge in [0.25, 0.3) is 5.91 Å². The third-order valence-corrected chi connectivity index (χ3v) is 7.22. The summed E-state index contributed by atoms with van der Waals surface area (Å²) in [5.74, 6) is -0.329.